The summed E-state index contributed by atoms with van der Waals surface area (Å²) in [6.45, 7) is 3.03. The third-order valence-electron chi connectivity index (χ3n) is 4.37. The SMILES string of the molecule is N=C(N)SC(=N)c1ccc2[nH]cc(-c3nccc(N4CCOCC4)n3)c2c1. The maximum atomic E-state index is 8.11. The molecule has 138 valence electrons. The Morgan fingerprint density at radius 2 is 2.04 bits per heavy atom. The number of aromatic amines is 1. The number of fused-ring (bicyclic) bond motifs is 1. The van der Waals surface area contributed by atoms with Crippen LogP contribution in [0.25, 0.3) is 22.3 Å². The first kappa shape index (κ1) is 17.5. The van der Waals surface area contributed by atoms with E-state index < -0.39 is 0 Å². The number of hydrogen-bond donors (Lipinski definition) is 4. The Morgan fingerprint density at radius 1 is 1.22 bits per heavy atom. The molecule has 0 saturated carbocycles. The van der Waals surface area contributed by atoms with E-state index in [-0.39, 0.29) is 10.2 Å². The Hall–Kier alpha value is -2.91. The summed E-state index contributed by atoms with van der Waals surface area (Å²) < 4.78 is 5.41. The number of anilines is 1. The Kier molecular flexibility index (Phi) is 4.78. The van der Waals surface area contributed by atoms with Crippen LogP contribution in [0.4, 0.5) is 5.82 Å². The highest BCUT2D eigenvalue weighted by Crippen LogP contribution is 2.29. The van der Waals surface area contributed by atoms with Crippen molar-refractivity contribution in [1.29, 1.82) is 10.8 Å². The van der Waals surface area contributed by atoms with Crippen molar-refractivity contribution in [2.24, 2.45) is 5.73 Å². The molecule has 1 aliphatic rings. The summed E-state index contributed by atoms with van der Waals surface area (Å²) >= 11 is 0.926. The fraction of sp³-hybridized carbons (Fsp3) is 0.222. The molecule has 0 bridgehead atoms. The summed E-state index contributed by atoms with van der Waals surface area (Å²) in [6.07, 6.45) is 3.65. The van der Waals surface area contributed by atoms with Gasteiger partial charge in [0.1, 0.15) is 10.9 Å². The summed E-state index contributed by atoms with van der Waals surface area (Å²) in [4.78, 5) is 14.6. The molecule has 1 aromatic carbocycles. The summed E-state index contributed by atoms with van der Waals surface area (Å²) in [5.74, 6) is 1.52. The number of hydrogen-bond acceptors (Lipinski definition) is 7. The standard InChI is InChI=1S/C18H19N7OS/c19-16(27-18(20)21)11-1-2-14-12(9-11)13(10-23-14)17-22-4-3-15(24-17)25-5-7-26-8-6-25/h1-4,9-10,19,23H,5-8H2,(H3,20,21). The van der Waals surface area contributed by atoms with Gasteiger partial charge in [0, 0.05) is 47.5 Å². The lowest BCUT2D eigenvalue weighted by Gasteiger charge is -2.27. The number of ether oxygens (including phenoxy) is 1. The summed E-state index contributed by atoms with van der Waals surface area (Å²) in [5.41, 5.74) is 7.92. The zero-order valence-electron chi connectivity index (χ0n) is 14.5. The van der Waals surface area contributed by atoms with E-state index in [1.54, 1.807) is 6.20 Å². The molecule has 1 aliphatic heterocycles. The van der Waals surface area contributed by atoms with Gasteiger partial charge in [-0.15, -0.1) is 0 Å². The maximum Gasteiger partial charge on any atom is 0.163 e. The van der Waals surface area contributed by atoms with Crippen molar-refractivity contribution in [2.45, 2.75) is 0 Å². The van der Waals surface area contributed by atoms with Crippen molar-refractivity contribution in [1.82, 2.24) is 15.0 Å². The van der Waals surface area contributed by atoms with Crippen molar-refractivity contribution >= 4 is 38.7 Å². The molecule has 0 atom stereocenters. The topological polar surface area (TPSA) is 128 Å². The number of morpholine rings is 1. The molecule has 27 heavy (non-hydrogen) atoms. The van der Waals surface area contributed by atoms with Gasteiger partial charge in [0.25, 0.3) is 0 Å². The molecule has 1 saturated heterocycles. The van der Waals surface area contributed by atoms with E-state index in [4.69, 9.17) is 26.3 Å². The average Bonchev–Trinajstić information content (AvgIpc) is 3.11. The van der Waals surface area contributed by atoms with Crippen molar-refractivity contribution in [2.75, 3.05) is 31.2 Å². The third-order valence-corrected chi connectivity index (χ3v) is 5.03. The van der Waals surface area contributed by atoms with E-state index in [1.807, 2.05) is 30.5 Å². The molecular weight excluding hydrogens is 362 g/mol. The third kappa shape index (κ3) is 3.64. The molecule has 4 rings (SSSR count). The van der Waals surface area contributed by atoms with Crippen LogP contribution in [0.5, 0.6) is 0 Å². The number of nitrogens with two attached hydrogens (primary N) is 1. The highest BCUT2D eigenvalue weighted by atomic mass is 32.2. The first-order chi connectivity index (χ1) is 13.1. The normalized spacial score (nSPS) is 14.4. The van der Waals surface area contributed by atoms with Crippen molar-refractivity contribution in [3.63, 3.8) is 0 Å². The molecule has 5 N–H and O–H groups in total. The number of thioether (sulfide) groups is 1. The van der Waals surface area contributed by atoms with Crippen LogP contribution < -0.4 is 10.6 Å². The van der Waals surface area contributed by atoms with E-state index in [1.165, 1.54) is 0 Å². The molecule has 0 unspecified atom stereocenters. The quantitative estimate of drug-likeness (QED) is 0.407. The summed E-state index contributed by atoms with van der Waals surface area (Å²) in [6, 6.07) is 7.57. The maximum absolute atomic E-state index is 8.11. The van der Waals surface area contributed by atoms with Crippen LogP contribution in [0.15, 0.2) is 36.7 Å². The molecule has 1 fully saturated rings. The fourth-order valence-electron chi connectivity index (χ4n) is 3.06. The lowest BCUT2D eigenvalue weighted by Crippen LogP contribution is -2.36. The molecule has 3 aromatic rings. The van der Waals surface area contributed by atoms with Gasteiger partial charge in [0.15, 0.2) is 11.0 Å². The molecule has 2 aromatic heterocycles. The number of nitrogens with one attached hydrogen (secondary N) is 3. The number of benzene rings is 1. The van der Waals surface area contributed by atoms with Crippen LogP contribution in [0.1, 0.15) is 5.56 Å². The van der Waals surface area contributed by atoms with Crippen LogP contribution in [0.3, 0.4) is 0 Å². The zero-order valence-corrected chi connectivity index (χ0v) is 15.3. The minimum atomic E-state index is -0.101. The monoisotopic (exact) mass is 381 g/mol. The number of nitrogens with zero attached hydrogens (tertiary/aromatic N) is 3. The fourth-order valence-corrected chi connectivity index (χ4v) is 3.53. The van der Waals surface area contributed by atoms with Crippen LogP contribution in [0.2, 0.25) is 0 Å². The molecule has 0 amide bonds. The number of amidine groups is 1. The second-order valence-corrected chi connectivity index (χ2v) is 7.15. The zero-order chi connectivity index (χ0) is 18.8. The van der Waals surface area contributed by atoms with Gasteiger partial charge in [0.05, 0.1) is 13.2 Å². The van der Waals surface area contributed by atoms with Gasteiger partial charge in [-0.2, -0.15) is 0 Å². The predicted octanol–water partition coefficient (Wildman–Crippen LogP) is 2.41. The lowest BCUT2D eigenvalue weighted by atomic mass is 10.1. The van der Waals surface area contributed by atoms with Gasteiger partial charge >= 0.3 is 0 Å². The molecule has 3 heterocycles. The largest absolute Gasteiger partial charge is 0.378 e. The highest BCUT2D eigenvalue weighted by molar-refractivity contribution is 8.26. The number of aromatic nitrogens is 3. The van der Waals surface area contributed by atoms with Crippen LogP contribution in [-0.4, -0.2) is 51.5 Å². The molecular formula is C18H19N7OS. The Labute approximate surface area is 160 Å². The predicted molar refractivity (Wildman–Crippen MR) is 109 cm³/mol. The van der Waals surface area contributed by atoms with E-state index in [0.29, 0.717) is 24.6 Å². The molecule has 0 radical (unpaired) electrons. The average molecular weight is 381 g/mol. The Morgan fingerprint density at radius 3 is 2.81 bits per heavy atom. The number of rotatable bonds is 3. The molecule has 0 aliphatic carbocycles. The van der Waals surface area contributed by atoms with Gasteiger partial charge in [-0.25, -0.2) is 9.97 Å². The van der Waals surface area contributed by atoms with Crippen LogP contribution in [-0.2, 0) is 4.74 Å². The second kappa shape index (κ2) is 7.37. The van der Waals surface area contributed by atoms with Crippen LogP contribution >= 0.6 is 11.8 Å². The van der Waals surface area contributed by atoms with Crippen molar-refractivity contribution in [3.8, 4) is 11.4 Å². The summed E-state index contributed by atoms with van der Waals surface area (Å²) in [7, 11) is 0. The highest BCUT2D eigenvalue weighted by Gasteiger charge is 2.16. The van der Waals surface area contributed by atoms with Crippen molar-refractivity contribution in [3.05, 3.63) is 42.2 Å². The van der Waals surface area contributed by atoms with E-state index in [0.717, 1.165) is 47.1 Å². The van der Waals surface area contributed by atoms with Gasteiger partial charge in [-0.05, 0) is 30.0 Å². The smallest absolute Gasteiger partial charge is 0.163 e. The Balaban J connectivity index is 1.71. The number of H-pyrrole nitrogens is 1. The molecule has 9 heteroatoms. The van der Waals surface area contributed by atoms with E-state index in [9.17, 15) is 0 Å². The van der Waals surface area contributed by atoms with E-state index >= 15 is 0 Å². The van der Waals surface area contributed by atoms with Gasteiger partial charge < -0.3 is 20.4 Å². The van der Waals surface area contributed by atoms with Gasteiger partial charge in [0.2, 0.25) is 0 Å². The second-order valence-electron chi connectivity index (χ2n) is 6.10. The van der Waals surface area contributed by atoms with Crippen molar-refractivity contribution < 1.29 is 4.74 Å². The molecule has 0 spiro atoms. The Bertz CT molecular complexity index is 1010. The van der Waals surface area contributed by atoms with E-state index in [2.05, 4.69) is 14.9 Å². The van der Waals surface area contributed by atoms with Gasteiger partial charge in [-0.1, -0.05) is 6.07 Å². The molecule has 8 nitrogen and oxygen atoms in total. The lowest BCUT2D eigenvalue weighted by molar-refractivity contribution is 0.122. The first-order valence-electron chi connectivity index (χ1n) is 8.50. The minimum absolute atomic E-state index is 0.101. The van der Waals surface area contributed by atoms with Crippen LogP contribution in [0, 0.1) is 10.8 Å². The first-order valence-corrected chi connectivity index (χ1v) is 9.31. The summed E-state index contributed by atoms with van der Waals surface area (Å²) in [5, 5.41) is 16.5. The van der Waals surface area contributed by atoms with Gasteiger partial charge in [-0.3, -0.25) is 10.8 Å². The minimum Gasteiger partial charge on any atom is -0.378 e.